The van der Waals surface area contributed by atoms with Crippen LogP contribution in [0.25, 0.3) is 0 Å². The molecular formula is C12H26N2O. The first-order valence-corrected chi connectivity index (χ1v) is 6.04. The average Bonchev–Trinajstić information content (AvgIpc) is 2.15. The van der Waals surface area contributed by atoms with Gasteiger partial charge in [0.1, 0.15) is 0 Å². The van der Waals surface area contributed by atoms with E-state index in [1.54, 1.807) is 0 Å². The Morgan fingerprint density at radius 1 is 1.27 bits per heavy atom. The highest BCUT2D eigenvalue weighted by atomic mass is 16.1. The van der Waals surface area contributed by atoms with Crippen LogP contribution in [0.3, 0.4) is 0 Å². The molecule has 0 aromatic heterocycles. The molecule has 0 aliphatic heterocycles. The second kappa shape index (κ2) is 7.69. The molecule has 0 saturated heterocycles. The van der Waals surface area contributed by atoms with Crippen molar-refractivity contribution in [1.29, 1.82) is 0 Å². The van der Waals surface area contributed by atoms with Gasteiger partial charge < -0.3 is 11.1 Å². The van der Waals surface area contributed by atoms with Gasteiger partial charge in [-0.05, 0) is 25.2 Å². The summed E-state index contributed by atoms with van der Waals surface area (Å²) in [7, 11) is 0. The van der Waals surface area contributed by atoms with Crippen molar-refractivity contribution in [2.75, 3.05) is 6.54 Å². The summed E-state index contributed by atoms with van der Waals surface area (Å²) >= 11 is 0. The maximum absolute atomic E-state index is 11.6. The molecule has 0 radical (unpaired) electrons. The molecule has 0 aromatic rings. The highest BCUT2D eigenvalue weighted by molar-refractivity contribution is 5.78. The number of hydrogen-bond acceptors (Lipinski definition) is 2. The summed E-state index contributed by atoms with van der Waals surface area (Å²) < 4.78 is 0. The van der Waals surface area contributed by atoms with Crippen LogP contribution >= 0.6 is 0 Å². The fourth-order valence-electron chi connectivity index (χ4n) is 1.72. The van der Waals surface area contributed by atoms with E-state index in [4.69, 9.17) is 5.73 Å². The zero-order chi connectivity index (χ0) is 11.8. The van der Waals surface area contributed by atoms with Crippen molar-refractivity contribution < 1.29 is 4.79 Å². The lowest BCUT2D eigenvalue weighted by atomic mass is 10.0. The van der Waals surface area contributed by atoms with Crippen LogP contribution in [-0.4, -0.2) is 18.5 Å². The van der Waals surface area contributed by atoms with E-state index < -0.39 is 0 Å². The summed E-state index contributed by atoms with van der Waals surface area (Å²) in [6.45, 7) is 8.97. The van der Waals surface area contributed by atoms with Gasteiger partial charge in [-0.3, -0.25) is 4.79 Å². The number of nitrogens with one attached hydrogen (secondary N) is 1. The predicted octanol–water partition coefficient (Wildman–Crippen LogP) is 1.91. The molecule has 0 aliphatic rings. The molecule has 0 fully saturated rings. The Morgan fingerprint density at radius 2 is 1.80 bits per heavy atom. The van der Waals surface area contributed by atoms with E-state index in [0.29, 0.717) is 12.5 Å². The molecule has 0 spiro atoms. The third-order valence-electron chi connectivity index (χ3n) is 2.67. The number of carbonyl (C=O) groups is 1. The molecule has 1 atom stereocenters. The quantitative estimate of drug-likeness (QED) is 0.680. The lowest BCUT2D eigenvalue weighted by molar-refractivity contribution is -0.125. The molecule has 1 unspecified atom stereocenters. The second-order valence-electron chi connectivity index (χ2n) is 4.65. The van der Waals surface area contributed by atoms with Crippen LogP contribution in [0.4, 0.5) is 0 Å². The van der Waals surface area contributed by atoms with Crippen molar-refractivity contribution in [3.05, 3.63) is 0 Å². The van der Waals surface area contributed by atoms with Gasteiger partial charge in [0, 0.05) is 18.5 Å². The number of amides is 1. The van der Waals surface area contributed by atoms with E-state index in [1.807, 2.05) is 13.8 Å². The first-order chi connectivity index (χ1) is 7.01. The van der Waals surface area contributed by atoms with Gasteiger partial charge >= 0.3 is 0 Å². The summed E-state index contributed by atoms with van der Waals surface area (Å²) in [5.41, 5.74) is 5.89. The van der Waals surface area contributed by atoms with Crippen molar-refractivity contribution in [2.45, 2.75) is 53.0 Å². The van der Waals surface area contributed by atoms with Gasteiger partial charge in [-0.15, -0.1) is 0 Å². The van der Waals surface area contributed by atoms with Crippen LogP contribution < -0.4 is 11.1 Å². The molecule has 90 valence electrons. The molecule has 0 saturated carbocycles. The lowest BCUT2D eigenvalue weighted by Gasteiger charge is -2.17. The SMILES string of the molecule is CCC(CC)C(=O)NCC(N)CC(C)C. The smallest absolute Gasteiger partial charge is 0.223 e. The van der Waals surface area contributed by atoms with Gasteiger partial charge in [-0.25, -0.2) is 0 Å². The largest absolute Gasteiger partial charge is 0.354 e. The van der Waals surface area contributed by atoms with Gasteiger partial charge in [-0.2, -0.15) is 0 Å². The summed E-state index contributed by atoms with van der Waals surface area (Å²) in [4.78, 5) is 11.6. The molecule has 3 nitrogen and oxygen atoms in total. The second-order valence-corrected chi connectivity index (χ2v) is 4.65. The third kappa shape index (κ3) is 6.50. The van der Waals surface area contributed by atoms with Gasteiger partial charge in [0.2, 0.25) is 5.91 Å². The molecule has 0 heterocycles. The summed E-state index contributed by atoms with van der Waals surface area (Å²) in [5.74, 6) is 0.889. The number of nitrogens with two attached hydrogens (primary N) is 1. The van der Waals surface area contributed by atoms with E-state index in [0.717, 1.165) is 19.3 Å². The lowest BCUT2D eigenvalue weighted by Crippen LogP contribution is -2.40. The fourth-order valence-corrected chi connectivity index (χ4v) is 1.72. The minimum atomic E-state index is 0.0864. The molecular weight excluding hydrogens is 188 g/mol. The van der Waals surface area contributed by atoms with E-state index in [2.05, 4.69) is 19.2 Å². The number of rotatable bonds is 7. The Balaban J connectivity index is 3.79. The molecule has 0 rings (SSSR count). The van der Waals surface area contributed by atoms with Crippen molar-refractivity contribution in [3.63, 3.8) is 0 Å². The molecule has 1 amide bonds. The van der Waals surface area contributed by atoms with Crippen LogP contribution in [0.1, 0.15) is 47.0 Å². The first kappa shape index (κ1) is 14.4. The number of hydrogen-bond donors (Lipinski definition) is 2. The molecule has 0 aromatic carbocycles. The van der Waals surface area contributed by atoms with Gasteiger partial charge in [0.15, 0.2) is 0 Å². The standard InChI is InChI=1S/C12H26N2O/c1-5-10(6-2)12(15)14-8-11(13)7-9(3)4/h9-11H,5-8,13H2,1-4H3,(H,14,15). The number of carbonyl (C=O) groups excluding carboxylic acids is 1. The van der Waals surface area contributed by atoms with Crippen LogP contribution in [0, 0.1) is 11.8 Å². The van der Waals surface area contributed by atoms with E-state index in [9.17, 15) is 4.79 Å². The first-order valence-electron chi connectivity index (χ1n) is 6.04. The van der Waals surface area contributed by atoms with Crippen molar-refractivity contribution in [1.82, 2.24) is 5.32 Å². The summed E-state index contributed by atoms with van der Waals surface area (Å²) in [6, 6.07) is 0.0864. The summed E-state index contributed by atoms with van der Waals surface area (Å²) in [6.07, 6.45) is 2.77. The zero-order valence-electron chi connectivity index (χ0n) is 10.5. The normalized spacial score (nSPS) is 13.3. The van der Waals surface area contributed by atoms with Gasteiger partial charge in [-0.1, -0.05) is 27.7 Å². The maximum atomic E-state index is 11.6. The average molecular weight is 214 g/mol. The van der Waals surface area contributed by atoms with Crippen LogP contribution in [-0.2, 0) is 4.79 Å². The highest BCUT2D eigenvalue weighted by Crippen LogP contribution is 2.07. The maximum Gasteiger partial charge on any atom is 0.223 e. The highest BCUT2D eigenvalue weighted by Gasteiger charge is 2.14. The topological polar surface area (TPSA) is 55.1 Å². The van der Waals surface area contributed by atoms with E-state index in [1.165, 1.54) is 0 Å². The van der Waals surface area contributed by atoms with E-state index >= 15 is 0 Å². The Morgan fingerprint density at radius 3 is 2.20 bits per heavy atom. The Labute approximate surface area is 93.8 Å². The monoisotopic (exact) mass is 214 g/mol. The Kier molecular flexibility index (Phi) is 7.39. The fraction of sp³-hybridized carbons (Fsp3) is 0.917. The molecule has 0 aliphatic carbocycles. The Hall–Kier alpha value is -0.570. The molecule has 15 heavy (non-hydrogen) atoms. The van der Waals surface area contributed by atoms with Gasteiger partial charge in [0.25, 0.3) is 0 Å². The van der Waals surface area contributed by atoms with Crippen molar-refractivity contribution in [3.8, 4) is 0 Å². The van der Waals surface area contributed by atoms with E-state index in [-0.39, 0.29) is 17.9 Å². The van der Waals surface area contributed by atoms with Crippen LogP contribution in [0.5, 0.6) is 0 Å². The molecule has 0 bridgehead atoms. The Bertz CT molecular complexity index is 176. The minimum Gasteiger partial charge on any atom is -0.354 e. The predicted molar refractivity (Wildman–Crippen MR) is 64.5 cm³/mol. The molecule has 3 heteroatoms. The zero-order valence-corrected chi connectivity index (χ0v) is 10.5. The van der Waals surface area contributed by atoms with Crippen molar-refractivity contribution in [2.24, 2.45) is 17.6 Å². The van der Waals surface area contributed by atoms with Crippen LogP contribution in [0.15, 0.2) is 0 Å². The summed E-state index contributed by atoms with van der Waals surface area (Å²) in [5, 5.41) is 2.93. The van der Waals surface area contributed by atoms with Gasteiger partial charge in [0.05, 0.1) is 0 Å². The third-order valence-corrected chi connectivity index (χ3v) is 2.67. The minimum absolute atomic E-state index is 0.0864. The van der Waals surface area contributed by atoms with Crippen LogP contribution in [0.2, 0.25) is 0 Å². The van der Waals surface area contributed by atoms with Crippen molar-refractivity contribution >= 4 is 5.91 Å². The molecule has 3 N–H and O–H groups in total.